The fraction of sp³-hybridized carbons (Fsp3) is 0.531. The van der Waals surface area contributed by atoms with Crippen molar-refractivity contribution in [3.05, 3.63) is 71.3 Å². The highest BCUT2D eigenvalue weighted by atomic mass is 28.3. The number of carbonyl (C=O) groups is 1. The summed E-state index contributed by atoms with van der Waals surface area (Å²) in [5, 5.41) is 3.25. The minimum atomic E-state index is -1.61. The molecule has 0 aromatic heterocycles. The van der Waals surface area contributed by atoms with Crippen LogP contribution in [0.1, 0.15) is 93.9 Å². The lowest BCUT2D eigenvalue weighted by Crippen LogP contribution is -2.31. The largest absolute Gasteiger partial charge is 0.338 e. The molecule has 1 atom stereocenters. The van der Waals surface area contributed by atoms with Gasteiger partial charge in [-0.3, -0.25) is 4.79 Å². The molecule has 0 radical (unpaired) electrons. The van der Waals surface area contributed by atoms with Crippen molar-refractivity contribution in [2.24, 2.45) is 0 Å². The van der Waals surface area contributed by atoms with E-state index in [4.69, 9.17) is 0 Å². The lowest BCUT2D eigenvalue weighted by Gasteiger charge is -2.20. The Kier molecular flexibility index (Phi) is 11.6. The molecule has 1 aliphatic heterocycles. The molecule has 3 heteroatoms. The molecule has 1 fully saturated rings. The number of hydrogen-bond acceptors (Lipinski definition) is 1. The van der Waals surface area contributed by atoms with E-state index in [0.717, 1.165) is 12.0 Å². The highest BCUT2D eigenvalue weighted by Gasteiger charge is 2.34. The second-order valence-electron chi connectivity index (χ2n) is 10.6. The van der Waals surface area contributed by atoms with Gasteiger partial charge in [0.25, 0.3) is 5.91 Å². The molecule has 0 bridgehead atoms. The summed E-state index contributed by atoms with van der Waals surface area (Å²) in [6, 6.07) is 22.7. The predicted octanol–water partition coefficient (Wildman–Crippen LogP) is 8.32. The van der Waals surface area contributed by atoms with Crippen molar-refractivity contribution in [2.45, 2.75) is 109 Å². The second-order valence-corrected chi connectivity index (χ2v) is 14.9. The average molecular weight is 488 g/mol. The molecule has 1 unspecified atom stereocenters. The van der Waals surface area contributed by atoms with Gasteiger partial charge in [-0.25, -0.2) is 0 Å². The number of hydrogen-bond donors (Lipinski definition) is 1. The molecule has 3 rings (SSSR count). The third-order valence-corrected chi connectivity index (χ3v) is 12.2. The Morgan fingerprint density at radius 2 is 1.51 bits per heavy atom. The molecule has 1 aliphatic rings. The van der Waals surface area contributed by atoms with Crippen molar-refractivity contribution < 1.29 is 4.79 Å². The van der Waals surface area contributed by atoms with Crippen molar-refractivity contribution in [3.8, 4) is 11.5 Å². The summed E-state index contributed by atoms with van der Waals surface area (Å²) in [6.45, 7) is 4.38. The molecule has 2 aromatic carbocycles. The van der Waals surface area contributed by atoms with Crippen LogP contribution in [0.15, 0.2) is 54.6 Å². The van der Waals surface area contributed by atoms with Crippen LogP contribution >= 0.6 is 0 Å². The molecular formula is C32H45NOSi. The molecule has 1 heterocycles. The average Bonchev–Trinajstić information content (AvgIpc) is 3.35. The van der Waals surface area contributed by atoms with E-state index in [2.05, 4.69) is 67.0 Å². The summed E-state index contributed by atoms with van der Waals surface area (Å²) in [5.74, 6) is 2.99. The molecule has 0 saturated carbocycles. The number of carbonyl (C=O) groups excluding carboxylic acids is 1. The van der Waals surface area contributed by atoms with Crippen LogP contribution in [-0.4, -0.2) is 14.0 Å². The molecule has 0 aliphatic carbocycles. The van der Waals surface area contributed by atoms with E-state index < -0.39 is 8.07 Å². The first-order chi connectivity index (χ1) is 17.1. The first kappa shape index (κ1) is 27.3. The summed E-state index contributed by atoms with van der Waals surface area (Å²) < 4.78 is 0. The van der Waals surface area contributed by atoms with Crippen LogP contribution in [0.4, 0.5) is 0 Å². The fourth-order valence-electron chi connectivity index (χ4n) is 5.37. The van der Waals surface area contributed by atoms with Gasteiger partial charge in [0, 0.05) is 0 Å². The van der Waals surface area contributed by atoms with Crippen LogP contribution in [0.25, 0.3) is 0 Å². The normalized spacial score (nSPS) is 15.3. The Bertz CT molecular complexity index is 935. The van der Waals surface area contributed by atoms with E-state index in [0.29, 0.717) is 0 Å². The van der Waals surface area contributed by atoms with Gasteiger partial charge in [-0.15, -0.1) is 5.54 Å². The summed E-state index contributed by atoms with van der Waals surface area (Å²) in [6.07, 6.45) is 14.2. The van der Waals surface area contributed by atoms with Crippen LogP contribution in [0.5, 0.6) is 0 Å². The third-order valence-electron chi connectivity index (χ3n) is 7.58. The Labute approximate surface area is 215 Å². The number of aryl methyl sites for hydroxylation is 1. The van der Waals surface area contributed by atoms with E-state index in [1.54, 1.807) is 0 Å². The number of unbranched alkanes of at least 4 members (excludes halogenated alkanes) is 7. The van der Waals surface area contributed by atoms with Crippen molar-refractivity contribution in [3.63, 3.8) is 0 Å². The molecule has 188 valence electrons. The van der Waals surface area contributed by atoms with E-state index in [9.17, 15) is 4.79 Å². The molecule has 35 heavy (non-hydrogen) atoms. The number of nitrogens with one attached hydrogen (secondary N) is 1. The molecule has 1 saturated heterocycles. The van der Waals surface area contributed by atoms with Gasteiger partial charge in [-0.1, -0.05) is 131 Å². The van der Waals surface area contributed by atoms with Crippen LogP contribution in [-0.2, 0) is 11.2 Å². The third kappa shape index (κ3) is 9.69. The SMILES string of the molecule is CCCCCCCCCC[Si]1(C#CC(=O)NC(Cc2ccc(C)cc2)c2ccccc2)CCCC1. The zero-order valence-electron chi connectivity index (χ0n) is 22.1. The molecular weight excluding hydrogens is 442 g/mol. The summed E-state index contributed by atoms with van der Waals surface area (Å²) >= 11 is 0. The van der Waals surface area contributed by atoms with Gasteiger partial charge in [-0.05, 0) is 48.5 Å². The maximum atomic E-state index is 13.0. The molecule has 0 spiro atoms. The Morgan fingerprint density at radius 3 is 2.17 bits per heavy atom. The zero-order chi connectivity index (χ0) is 24.8. The Balaban J connectivity index is 1.57. The first-order valence-corrected chi connectivity index (χ1v) is 16.7. The Morgan fingerprint density at radius 1 is 0.886 bits per heavy atom. The molecule has 1 amide bonds. The zero-order valence-corrected chi connectivity index (χ0v) is 23.1. The number of benzene rings is 2. The highest BCUT2D eigenvalue weighted by molar-refractivity contribution is 6.88. The lowest BCUT2D eigenvalue weighted by molar-refractivity contribution is -0.116. The smallest absolute Gasteiger partial charge is 0.295 e. The van der Waals surface area contributed by atoms with Crippen molar-refractivity contribution in [1.29, 1.82) is 0 Å². The quantitative estimate of drug-likeness (QED) is 0.172. The minimum Gasteiger partial charge on any atom is -0.338 e. The standard InChI is InChI=1S/C32H45NOSi/c1-3-4-5-6-7-8-9-13-23-35(24-14-15-25-35)26-22-32(34)33-31(30-16-11-10-12-17-30)27-29-20-18-28(2)19-21-29/h10-12,16-21,31H,3-9,13-15,23-25,27H2,1-2H3,(H,33,34). The van der Waals surface area contributed by atoms with Gasteiger partial charge in [0.1, 0.15) is 8.07 Å². The lowest BCUT2D eigenvalue weighted by atomic mass is 9.98. The molecule has 1 N–H and O–H groups in total. The maximum absolute atomic E-state index is 13.0. The fourth-order valence-corrected chi connectivity index (χ4v) is 9.65. The Hall–Kier alpha value is -2.31. The van der Waals surface area contributed by atoms with Gasteiger partial charge >= 0.3 is 0 Å². The summed E-state index contributed by atoms with van der Waals surface area (Å²) in [5.41, 5.74) is 7.24. The van der Waals surface area contributed by atoms with E-state index in [1.807, 2.05) is 18.2 Å². The molecule has 2 nitrogen and oxygen atoms in total. The van der Waals surface area contributed by atoms with Crippen LogP contribution in [0.3, 0.4) is 0 Å². The van der Waals surface area contributed by atoms with Gasteiger partial charge in [0.15, 0.2) is 0 Å². The van der Waals surface area contributed by atoms with Crippen LogP contribution in [0.2, 0.25) is 18.1 Å². The predicted molar refractivity (Wildman–Crippen MR) is 152 cm³/mol. The van der Waals surface area contributed by atoms with Crippen LogP contribution in [0, 0.1) is 18.4 Å². The van der Waals surface area contributed by atoms with E-state index >= 15 is 0 Å². The number of amides is 1. The topological polar surface area (TPSA) is 29.1 Å². The monoisotopic (exact) mass is 487 g/mol. The van der Waals surface area contributed by atoms with Crippen molar-refractivity contribution in [1.82, 2.24) is 5.32 Å². The summed E-state index contributed by atoms with van der Waals surface area (Å²) in [4.78, 5) is 13.0. The van der Waals surface area contributed by atoms with Crippen LogP contribution < -0.4 is 5.32 Å². The maximum Gasteiger partial charge on any atom is 0.295 e. The molecule has 2 aromatic rings. The van der Waals surface area contributed by atoms with Gasteiger partial charge in [0.2, 0.25) is 0 Å². The summed E-state index contributed by atoms with van der Waals surface area (Å²) in [7, 11) is -1.61. The van der Waals surface area contributed by atoms with Crippen molar-refractivity contribution >= 4 is 14.0 Å². The van der Waals surface area contributed by atoms with Crippen molar-refractivity contribution in [2.75, 3.05) is 0 Å². The van der Waals surface area contributed by atoms with E-state index in [-0.39, 0.29) is 11.9 Å². The van der Waals surface area contributed by atoms with Gasteiger partial charge < -0.3 is 5.32 Å². The van der Waals surface area contributed by atoms with Gasteiger partial charge in [-0.2, -0.15) is 0 Å². The first-order valence-electron chi connectivity index (χ1n) is 14.0. The van der Waals surface area contributed by atoms with E-state index in [1.165, 1.54) is 93.5 Å². The minimum absolute atomic E-state index is 0.0605. The highest BCUT2D eigenvalue weighted by Crippen LogP contribution is 2.34. The van der Waals surface area contributed by atoms with Gasteiger partial charge in [0.05, 0.1) is 6.04 Å². The number of rotatable bonds is 13. The second kappa shape index (κ2) is 14.9.